The van der Waals surface area contributed by atoms with Crippen molar-refractivity contribution in [1.29, 1.82) is 0 Å². The van der Waals surface area contributed by atoms with Crippen LogP contribution in [-0.4, -0.2) is 35.4 Å². The summed E-state index contributed by atoms with van der Waals surface area (Å²) in [6.45, 7) is 3.46. The first-order valence-electron chi connectivity index (χ1n) is 11.6. The molecule has 0 saturated heterocycles. The summed E-state index contributed by atoms with van der Waals surface area (Å²) in [5.74, 6) is -1.82. The lowest BCUT2D eigenvalue weighted by molar-refractivity contribution is -0.143. The van der Waals surface area contributed by atoms with Crippen LogP contribution in [0.3, 0.4) is 0 Å². The zero-order valence-electron chi connectivity index (χ0n) is 19.9. The number of hydrogen-bond acceptors (Lipinski definition) is 3. The molecule has 0 aromatic heterocycles. The predicted octanol–water partition coefficient (Wildman–Crippen LogP) is 4.90. The van der Waals surface area contributed by atoms with Gasteiger partial charge in [0.25, 0.3) is 5.91 Å². The van der Waals surface area contributed by atoms with Crippen molar-refractivity contribution in [3.05, 3.63) is 102 Å². The largest absolute Gasteiger partial charge is 0.481 e. The number of hydrogen-bond donors (Lipinski definition) is 1. The highest BCUT2D eigenvalue weighted by molar-refractivity contribution is 5.88. The Balaban J connectivity index is 1.91. The van der Waals surface area contributed by atoms with Crippen LogP contribution in [-0.2, 0) is 22.6 Å². The van der Waals surface area contributed by atoms with E-state index >= 15 is 0 Å². The Morgan fingerprint density at radius 2 is 1.57 bits per heavy atom. The third-order valence-corrected chi connectivity index (χ3v) is 5.73. The number of rotatable bonds is 11. The van der Waals surface area contributed by atoms with E-state index in [-0.39, 0.29) is 30.7 Å². The van der Waals surface area contributed by atoms with Crippen molar-refractivity contribution in [1.82, 2.24) is 10.2 Å². The van der Waals surface area contributed by atoms with Crippen LogP contribution in [0.15, 0.2) is 78.9 Å². The molecule has 3 aromatic rings. The molecule has 2 amide bonds. The third kappa shape index (κ3) is 7.64. The van der Waals surface area contributed by atoms with E-state index in [2.05, 4.69) is 5.32 Å². The van der Waals surface area contributed by atoms with Gasteiger partial charge in [0.2, 0.25) is 5.91 Å². The van der Waals surface area contributed by atoms with Crippen molar-refractivity contribution >= 4 is 11.8 Å². The number of ether oxygens (including phenoxy) is 1. The molecule has 0 aliphatic heterocycles. The summed E-state index contributed by atoms with van der Waals surface area (Å²) in [4.78, 5) is 28.2. The Labute approximate surface area is 204 Å². The maximum atomic E-state index is 14.0. The summed E-state index contributed by atoms with van der Waals surface area (Å²) < 4.78 is 33.0. The topological polar surface area (TPSA) is 58.6 Å². The monoisotopic (exact) mass is 480 g/mol. The predicted molar refractivity (Wildman–Crippen MR) is 131 cm³/mol. The first-order valence-corrected chi connectivity index (χ1v) is 11.6. The molecule has 5 nitrogen and oxygen atoms in total. The highest BCUT2D eigenvalue weighted by atomic mass is 19.1. The lowest BCUT2D eigenvalue weighted by atomic mass is 10.0. The maximum Gasteiger partial charge on any atom is 0.261 e. The molecule has 3 aromatic carbocycles. The minimum absolute atomic E-state index is 0.0498. The SMILES string of the molecule is CC[C@@H](C)NC(=O)[C@H](Cc1ccccc1)N(Cc1ccc(F)cc1)C(=O)COc1ccccc1F. The number of nitrogens with one attached hydrogen (secondary N) is 1. The van der Waals surface area contributed by atoms with Gasteiger partial charge < -0.3 is 15.0 Å². The Bertz CT molecular complexity index is 1110. The second-order valence-corrected chi connectivity index (χ2v) is 8.39. The maximum absolute atomic E-state index is 14.0. The van der Waals surface area contributed by atoms with Crippen LogP contribution >= 0.6 is 0 Å². The van der Waals surface area contributed by atoms with Gasteiger partial charge >= 0.3 is 0 Å². The standard InChI is InChI=1S/C28H30F2N2O3/c1-3-20(2)31-28(34)25(17-21-9-5-4-6-10-21)32(18-22-13-15-23(29)16-14-22)27(33)19-35-26-12-8-7-11-24(26)30/h4-16,20,25H,3,17-19H2,1-2H3,(H,31,34)/t20-,25+/m1/s1. The Kier molecular flexibility index (Phi) is 9.35. The lowest BCUT2D eigenvalue weighted by Crippen LogP contribution is -2.53. The molecule has 35 heavy (non-hydrogen) atoms. The molecule has 0 radical (unpaired) electrons. The highest BCUT2D eigenvalue weighted by Crippen LogP contribution is 2.18. The molecule has 0 aliphatic carbocycles. The van der Waals surface area contributed by atoms with Crippen molar-refractivity contribution in [2.75, 3.05) is 6.61 Å². The number of amides is 2. The fourth-order valence-corrected chi connectivity index (χ4v) is 3.57. The smallest absolute Gasteiger partial charge is 0.261 e. The van der Waals surface area contributed by atoms with E-state index < -0.39 is 30.2 Å². The molecule has 0 spiro atoms. The zero-order valence-corrected chi connectivity index (χ0v) is 19.9. The van der Waals surface area contributed by atoms with Gasteiger partial charge in [-0.2, -0.15) is 0 Å². The van der Waals surface area contributed by atoms with Gasteiger partial charge in [-0.1, -0.05) is 61.5 Å². The molecule has 0 saturated carbocycles. The van der Waals surface area contributed by atoms with Gasteiger partial charge in [0.1, 0.15) is 11.9 Å². The first kappa shape index (κ1) is 25.9. The van der Waals surface area contributed by atoms with Crippen LogP contribution in [0.2, 0.25) is 0 Å². The minimum Gasteiger partial charge on any atom is -0.481 e. The average molecular weight is 481 g/mol. The summed E-state index contributed by atoms with van der Waals surface area (Å²) in [5.41, 5.74) is 1.53. The average Bonchev–Trinajstić information content (AvgIpc) is 2.87. The molecule has 184 valence electrons. The van der Waals surface area contributed by atoms with Crippen LogP contribution < -0.4 is 10.1 Å². The molecule has 0 aliphatic rings. The normalized spacial score (nSPS) is 12.5. The summed E-state index contributed by atoms with van der Waals surface area (Å²) in [5, 5.41) is 2.97. The van der Waals surface area contributed by atoms with Gasteiger partial charge in [-0.25, -0.2) is 8.78 Å². The first-order chi connectivity index (χ1) is 16.9. The molecule has 3 rings (SSSR count). The van der Waals surface area contributed by atoms with E-state index in [1.807, 2.05) is 44.2 Å². The molecular weight excluding hydrogens is 450 g/mol. The van der Waals surface area contributed by atoms with E-state index in [1.165, 1.54) is 35.2 Å². The van der Waals surface area contributed by atoms with Crippen molar-refractivity contribution in [3.8, 4) is 5.75 Å². The van der Waals surface area contributed by atoms with Crippen LogP contribution in [0, 0.1) is 11.6 Å². The van der Waals surface area contributed by atoms with E-state index in [1.54, 1.807) is 18.2 Å². The summed E-state index contributed by atoms with van der Waals surface area (Å²) in [6, 6.07) is 20.0. The Morgan fingerprint density at radius 3 is 2.23 bits per heavy atom. The van der Waals surface area contributed by atoms with E-state index in [0.717, 1.165) is 12.0 Å². The molecule has 2 atom stereocenters. The van der Waals surface area contributed by atoms with Gasteiger partial charge in [0.15, 0.2) is 18.2 Å². The number of nitrogens with zero attached hydrogens (tertiary/aromatic N) is 1. The minimum atomic E-state index is -0.854. The molecule has 0 unspecified atom stereocenters. The van der Waals surface area contributed by atoms with Crippen molar-refractivity contribution in [2.24, 2.45) is 0 Å². The van der Waals surface area contributed by atoms with Gasteiger partial charge in [0.05, 0.1) is 0 Å². The number of halogens is 2. The van der Waals surface area contributed by atoms with Crippen LogP contribution in [0.25, 0.3) is 0 Å². The lowest BCUT2D eigenvalue weighted by Gasteiger charge is -2.32. The zero-order chi connectivity index (χ0) is 25.2. The number of carbonyl (C=O) groups is 2. The molecule has 0 fully saturated rings. The second-order valence-electron chi connectivity index (χ2n) is 8.39. The molecular formula is C28H30F2N2O3. The summed E-state index contributed by atoms with van der Waals surface area (Å²) in [6.07, 6.45) is 1.00. The fraction of sp³-hybridized carbons (Fsp3) is 0.286. The molecule has 7 heteroatoms. The van der Waals surface area contributed by atoms with Gasteiger partial charge in [-0.05, 0) is 48.7 Å². The van der Waals surface area contributed by atoms with Gasteiger partial charge in [0, 0.05) is 19.0 Å². The second kappa shape index (κ2) is 12.6. The summed E-state index contributed by atoms with van der Waals surface area (Å²) >= 11 is 0. The van der Waals surface area contributed by atoms with Gasteiger partial charge in [-0.15, -0.1) is 0 Å². The molecule has 0 heterocycles. The Morgan fingerprint density at radius 1 is 0.914 bits per heavy atom. The molecule has 0 bridgehead atoms. The van der Waals surface area contributed by atoms with E-state index in [0.29, 0.717) is 5.56 Å². The van der Waals surface area contributed by atoms with Crippen molar-refractivity contribution in [2.45, 2.75) is 45.3 Å². The van der Waals surface area contributed by atoms with Crippen LogP contribution in [0.1, 0.15) is 31.4 Å². The van der Waals surface area contributed by atoms with E-state index in [9.17, 15) is 18.4 Å². The van der Waals surface area contributed by atoms with Gasteiger partial charge in [-0.3, -0.25) is 9.59 Å². The molecule has 1 N–H and O–H groups in total. The number of benzene rings is 3. The number of carbonyl (C=O) groups excluding carboxylic acids is 2. The number of para-hydroxylation sites is 1. The highest BCUT2D eigenvalue weighted by Gasteiger charge is 2.31. The quantitative estimate of drug-likeness (QED) is 0.425. The van der Waals surface area contributed by atoms with Crippen LogP contribution in [0.5, 0.6) is 5.75 Å². The Hall–Kier alpha value is -3.74. The summed E-state index contributed by atoms with van der Waals surface area (Å²) in [7, 11) is 0. The van der Waals surface area contributed by atoms with Crippen LogP contribution in [0.4, 0.5) is 8.78 Å². The van der Waals surface area contributed by atoms with Crippen molar-refractivity contribution < 1.29 is 23.1 Å². The van der Waals surface area contributed by atoms with Crippen molar-refractivity contribution in [3.63, 3.8) is 0 Å². The third-order valence-electron chi connectivity index (χ3n) is 5.73. The van der Waals surface area contributed by atoms with E-state index in [4.69, 9.17) is 4.74 Å². The fourth-order valence-electron chi connectivity index (χ4n) is 3.57.